The molecule has 0 aliphatic carbocycles. The lowest BCUT2D eigenvalue weighted by Gasteiger charge is -2.32. The van der Waals surface area contributed by atoms with Gasteiger partial charge in [-0.05, 0) is 32.9 Å². The Morgan fingerprint density at radius 1 is 1.69 bits per heavy atom. The van der Waals surface area contributed by atoms with Gasteiger partial charge in [-0.3, -0.25) is 9.69 Å². The number of thiophene rings is 1. The number of rotatable bonds is 3. The van der Waals surface area contributed by atoms with Gasteiger partial charge in [-0.1, -0.05) is 0 Å². The highest BCUT2D eigenvalue weighted by Crippen LogP contribution is 2.24. The Bertz CT molecular complexity index is 383. The maximum absolute atomic E-state index is 11.1. The van der Waals surface area contributed by atoms with Crippen molar-refractivity contribution in [3.8, 4) is 0 Å². The van der Waals surface area contributed by atoms with Crippen molar-refractivity contribution in [2.75, 3.05) is 18.1 Å². The van der Waals surface area contributed by atoms with Crippen LogP contribution in [0.5, 0.6) is 0 Å². The number of hydrogen-bond donors (Lipinski definition) is 1. The van der Waals surface area contributed by atoms with Crippen molar-refractivity contribution in [2.45, 2.75) is 12.6 Å². The molecule has 16 heavy (non-hydrogen) atoms. The number of carboxylic acids is 1. The lowest BCUT2D eigenvalue weighted by atomic mass is 10.2. The fraction of sp³-hybridized carbons (Fsp3) is 0.500. The molecule has 88 valence electrons. The van der Waals surface area contributed by atoms with Gasteiger partial charge >= 0.3 is 5.97 Å². The third-order valence-electron chi connectivity index (χ3n) is 2.53. The van der Waals surface area contributed by atoms with Gasteiger partial charge in [0.2, 0.25) is 0 Å². The minimum atomic E-state index is -0.707. The summed E-state index contributed by atoms with van der Waals surface area (Å²) in [6, 6.07) is 1.73. The number of carbonyl (C=O) groups is 1. The van der Waals surface area contributed by atoms with Crippen molar-refractivity contribution in [2.24, 2.45) is 0 Å². The molecule has 1 atom stereocenters. The third-order valence-corrected chi connectivity index (χ3v) is 5.11. The molecule has 0 radical (unpaired) electrons. The first-order valence-corrected chi connectivity index (χ1v) is 7.77. The molecule has 1 unspecified atom stereocenters. The molecule has 1 saturated heterocycles. The summed E-state index contributed by atoms with van der Waals surface area (Å²) in [7, 11) is 0. The summed E-state index contributed by atoms with van der Waals surface area (Å²) in [6.45, 7) is 1.59. The highest BCUT2D eigenvalue weighted by atomic mass is 79.9. The number of aliphatic carboxylic acids is 1. The molecule has 1 aliphatic heterocycles. The Balaban J connectivity index is 2.03. The molecule has 0 saturated carbocycles. The van der Waals surface area contributed by atoms with Gasteiger partial charge in [0.15, 0.2) is 0 Å². The zero-order chi connectivity index (χ0) is 11.5. The average Bonchev–Trinajstić information content (AvgIpc) is 2.64. The number of carboxylic acid groups (broad SMARTS) is 1. The molecular weight excluding hydrogens is 310 g/mol. The number of hydrogen-bond acceptors (Lipinski definition) is 4. The lowest BCUT2D eigenvalue weighted by Crippen LogP contribution is -2.46. The number of thioether (sulfide) groups is 1. The molecule has 3 nitrogen and oxygen atoms in total. The van der Waals surface area contributed by atoms with Gasteiger partial charge in [-0.2, -0.15) is 11.8 Å². The van der Waals surface area contributed by atoms with E-state index in [4.69, 9.17) is 5.11 Å². The van der Waals surface area contributed by atoms with Gasteiger partial charge in [0.25, 0.3) is 0 Å². The van der Waals surface area contributed by atoms with Crippen molar-refractivity contribution in [3.63, 3.8) is 0 Å². The van der Waals surface area contributed by atoms with Crippen LogP contribution in [0.25, 0.3) is 0 Å². The van der Waals surface area contributed by atoms with Crippen molar-refractivity contribution in [1.82, 2.24) is 4.90 Å². The highest BCUT2D eigenvalue weighted by Gasteiger charge is 2.28. The molecule has 1 aliphatic rings. The van der Waals surface area contributed by atoms with Gasteiger partial charge in [-0.25, -0.2) is 0 Å². The molecule has 0 amide bonds. The van der Waals surface area contributed by atoms with E-state index in [0.29, 0.717) is 5.75 Å². The van der Waals surface area contributed by atoms with E-state index in [-0.39, 0.29) is 6.04 Å². The molecular formula is C10H12BrNO2S2. The molecule has 1 aromatic rings. The van der Waals surface area contributed by atoms with Crippen LogP contribution < -0.4 is 0 Å². The maximum Gasteiger partial charge on any atom is 0.321 e. The second-order valence-corrected chi connectivity index (χ2v) is 7.10. The molecule has 0 spiro atoms. The first kappa shape index (κ1) is 12.4. The Morgan fingerprint density at radius 2 is 2.50 bits per heavy atom. The minimum absolute atomic E-state index is 0.336. The van der Waals surface area contributed by atoms with E-state index in [2.05, 4.69) is 27.4 Å². The van der Waals surface area contributed by atoms with Crippen LogP contribution in [0.2, 0.25) is 0 Å². The van der Waals surface area contributed by atoms with E-state index in [1.807, 2.05) is 4.90 Å². The monoisotopic (exact) mass is 321 g/mol. The molecule has 6 heteroatoms. The smallest absolute Gasteiger partial charge is 0.321 e. The van der Waals surface area contributed by atoms with Crippen LogP contribution in [0.1, 0.15) is 5.56 Å². The number of halogens is 1. The van der Waals surface area contributed by atoms with Crippen LogP contribution >= 0.6 is 39.0 Å². The van der Waals surface area contributed by atoms with E-state index in [1.165, 1.54) is 5.56 Å². The molecule has 0 aromatic carbocycles. The molecule has 2 heterocycles. The van der Waals surface area contributed by atoms with Crippen LogP contribution in [0, 0.1) is 0 Å². The molecule has 2 rings (SSSR count). The summed E-state index contributed by atoms with van der Waals surface area (Å²) in [6.07, 6.45) is 0. The van der Waals surface area contributed by atoms with Gasteiger partial charge < -0.3 is 5.11 Å². The van der Waals surface area contributed by atoms with Crippen molar-refractivity contribution < 1.29 is 9.90 Å². The number of nitrogens with zero attached hydrogens (tertiary/aromatic N) is 1. The summed E-state index contributed by atoms with van der Waals surface area (Å²) < 4.78 is 1.10. The Labute approximate surface area is 111 Å². The first-order valence-electron chi connectivity index (χ1n) is 4.94. The van der Waals surface area contributed by atoms with Gasteiger partial charge in [0.05, 0.1) is 3.79 Å². The maximum atomic E-state index is 11.1. The molecule has 1 fully saturated rings. The van der Waals surface area contributed by atoms with E-state index in [0.717, 1.165) is 22.6 Å². The van der Waals surface area contributed by atoms with Crippen LogP contribution in [-0.2, 0) is 11.3 Å². The SMILES string of the molecule is O=C(O)C1CSCCN1Cc1csc(Br)c1. The zero-order valence-electron chi connectivity index (χ0n) is 8.56. The van der Waals surface area contributed by atoms with E-state index in [1.54, 1.807) is 23.1 Å². The minimum Gasteiger partial charge on any atom is -0.480 e. The third kappa shape index (κ3) is 3.00. The van der Waals surface area contributed by atoms with Crippen LogP contribution in [-0.4, -0.2) is 40.1 Å². The fourth-order valence-electron chi connectivity index (χ4n) is 1.72. The quantitative estimate of drug-likeness (QED) is 0.928. The van der Waals surface area contributed by atoms with Gasteiger partial charge in [-0.15, -0.1) is 11.3 Å². The second-order valence-electron chi connectivity index (χ2n) is 3.66. The predicted molar refractivity (Wildman–Crippen MR) is 71.2 cm³/mol. The molecule has 0 bridgehead atoms. The van der Waals surface area contributed by atoms with Gasteiger partial charge in [0.1, 0.15) is 6.04 Å². The van der Waals surface area contributed by atoms with Crippen LogP contribution in [0.3, 0.4) is 0 Å². The van der Waals surface area contributed by atoms with E-state index >= 15 is 0 Å². The standard InChI is InChI=1S/C10H12BrNO2S2/c11-9-3-7(5-16-9)4-12-1-2-15-6-8(12)10(13)14/h3,5,8H,1-2,4,6H2,(H,13,14). The largest absolute Gasteiger partial charge is 0.480 e. The highest BCUT2D eigenvalue weighted by molar-refractivity contribution is 9.11. The first-order chi connectivity index (χ1) is 7.66. The molecule has 1 N–H and O–H groups in total. The van der Waals surface area contributed by atoms with Gasteiger partial charge in [0, 0.05) is 24.6 Å². The lowest BCUT2D eigenvalue weighted by molar-refractivity contribution is -0.142. The zero-order valence-corrected chi connectivity index (χ0v) is 11.8. The van der Waals surface area contributed by atoms with Crippen molar-refractivity contribution in [3.05, 3.63) is 20.8 Å². The Morgan fingerprint density at radius 3 is 3.12 bits per heavy atom. The summed E-state index contributed by atoms with van der Waals surface area (Å²) >= 11 is 6.78. The topological polar surface area (TPSA) is 40.5 Å². The molecule has 1 aromatic heterocycles. The second kappa shape index (κ2) is 5.53. The summed E-state index contributed by atoms with van der Waals surface area (Å²) in [5.74, 6) is 1.01. The fourth-order valence-corrected chi connectivity index (χ4v) is 4.03. The van der Waals surface area contributed by atoms with Crippen LogP contribution in [0.15, 0.2) is 15.2 Å². The van der Waals surface area contributed by atoms with E-state index < -0.39 is 5.97 Å². The summed E-state index contributed by atoms with van der Waals surface area (Å²) in [5.41, 5.74) is 1.19. The average molecular weight is 322 g/mol. The van der Waals surface area contributed by atoms with Crippen LogP contribution in [0.4, 0.5) is 0 Å². The normalized spacial score (nSPS) is 22.2. The Hall–Kier alpha value is -0.0400. The summed E-state index contributed by atoms with van der Waals surface area (Å²) in [5, 5.41) is 11.2. The summed E-state index contributed by atoms with van der Waals surface area (Å²) in [4.78, 5) is 13.1. The van der Waals surface area contributed by atoms with E-state index in [9.17, 15) is 4.79 Å². The van der Waals surface area contributed by atoms with Crippen molar-refractivity contribution >= 4 is 45.0 Å². The predicted octanol–water partition coefficient (Wildman–Crippen LogP) is 2.51. The Kier molecular flexibility index (Phi) is 4.29. The van der Waals surface area contributed by atoms with Crippen molar-refractivity contribution in [1.29, 1.82) is 0 Å².